The fourth-order valence-electron chi connectivity index (χ4n) is 1.78. The summed E-state index contributed by atoms with van der Waals surface area (Å²) in [7, 11) is 0. The van der Waals surface area contributed by atoms with Gasteiger partial charge in [0.2, 0.25) is 0 Å². The summed E-state index contributed by atoms with van der Waals surface area (Å²) in [6, 6.07) is 2.00. The van der Waals surface area contributed by atoms with Crippen LogP contribution in [-0.2, 0) is 4.74 Å². The van der Waals surface area contributed by atoms with Crippen LogP contribution in [0, 0.1) is 0 Å². The van der Waals surface area contributed by atoms with Crippen molar-refractivity contribution in [3.05, 3.63) is 16.4 Å². The Hall–Kier alpha value is -0.580. The molecular formula is C10H13Cl2N3O. The Bertz CT molecular complexity index is 388. The molecule has 16 heavy (non-hydrogen) atoms. The quantitative estimate of drug-likeness (QED) is 0.779. The van der Waals surface area contributed by atoms with Gasteiger partial charge in [-0.3, -0.25) is 0 Å². The lowest BCUT2D eigenvalue weighted by Crippen LogP contribution is -2.47. The molecule has 1 aliphatic heterocycles. The van der Waals surface area contributed by atoms with E-state index < -0.39 is 0 Å². The second-order valence-electron chi connectivity index (χ2n) is 3.99. The van der Waals surface area contributed by atoms with Crippen molar-refractivity contribution >= 4 is 28.9 Å². The molecule has 2 heterocycles. The SMILES string of the molecule is CC1CN(c2cc(Cl)nnc2Cl)C(C)CO1. The lowest BCUT2D eigenvalue weighted by molar-refractivity contribution is 0.0343. The fraction of sp³-hybridized carbons (Fsp3) is 0.600. The van der Waals surface area contributed by atoms with Gasteiger partial charge in [-0.1, -0.05) is 23.2 Å². The minimum Gasteiger partial charge on any atom is -0.375 e. The minimum absolute atomic E-state index is 0.180. The van der Waals surface area contributed by atoms with Crippen molar-refractivity contribution in [2.75, 3.05) is 18.1 Å². The first-order valence-electron chi connectivity index (χ1n) is 5.15. The van der Waals surface area contributed by atoms with Crippen LogP contribution in [0.1, 0.15) is 13.8 Å². The van der Waals surface area contributed by atoms with E-state index >= 15 is 0 Å². The Morgan fingerprint density at radius 1 is 1.38 bits per heavy atom. The van der Waals surface area contributed by atoms with Crippen molar-refractivity contribution in [1.82, 2.24) is 10.2 Å². The van der Waals surface area contributed by atoms with E-state index in [2.05, 4.69) is 22.0 Å². The standard InChI is InChI=1S/C10H13Cl2N3O/c1-6-5-16-7(2)4-15(6)8-3-9(11)13-14-10(8)12/h3,6-7H,4-5H2,1-2H3. The molecule has 0 amide bonds. The number of hydrogen-bond acceptors (Lipinski definition) is 4. The molecule has 1 aromatic rings. The van der Waals surface area contributed by atoms with Crippen molar-refractivity contribution < 1.29 is 4.74 Å². The summed E-state index contributed by atoms with van der Waals surface area (Å²) in [5.74, 6) is 0. The van der Waals surface area contributed by atoms with Crippen molar-refractivity contribution in [2.45, 2.75) is 26.0 Å². The average molecular weight is 262 g/mol. The second kappa shape index (κ2) is 4.73. The van der Waals surface area contributed by atoms with Gasteiger partial charge in [0.25, 0.3) is 0 Å². The molecule has 1 saturated heterocycles. The molecule has 88 valence electrons. The first-order valence-corrected chi connectivity index (χ1v) is 5.90. The number of halogens is 2. The summed E-state index contributed by atoms with van der Waals surface area (Å²) in [5, 5.41) is 8.25. The van der Waals surface area contributed by atoms with Gasteiger partial charge >= 0.3 is 0 Å². The Balaban J connectivity index is 2.30. The van der Waals surface area contributed by atoms with Gasteiger partial charge in [0.1, 0.15) is 0 Å². The van der Waals surface area contributed by atoms with Crippen molar-refractivity contribution in [3.8, 4) is 0 Å². The highest BCUT2D eigenvalue weighted by molar-refractivity contribution is 6.33. The topological polar surface area (TPSA) is 38.2 Å². The highest BCUT2D eigenvalue weighted by Gasteiger charge is 2.25. The molecule has 1 fully saturated rings. The van der Waals surface area contributed by atoms with E-state index in [1.807, 2.05) is 6.92 Å². The third-order valence-electron chi connectivity index (χ3n) is 2.62. The van der Waals surface area contributed by atoms with Crippen LogP contribution in [0.15, 0.2) is 6.07 Å². The molecule has 0 aromatic carbocycles. The predicted molar refractivity (Wildman–Crippen MR) is 64.3 cm³/mol. The largest absolute Gasteiger partial charge is 0.375 e. The smallest absolute Gasteiger partial charge is 0.175 e. The van der Waals surface area contributed by atoms with E-state index in [4.69, 9.17) is 27.9 Å². The molecular weight excluding hydrogens is 249 g/mol. The molecule has 1 aromatic heterocycles. The maximum atomic E-state index is 6.03. The van der Waals surface area contributed by atoms with Crippen molar-refractivity contribution in [1.29, 1.82) is 0 Å². The van der Waals surface area contributed by atoms with Gasteiger partial charge in [-0.05, 0) is 13.8 Å². The molecule has 0 spiro atoms. The molecule has 1 aliphatic rings. The molecule has 0 saturated carbocycles. The van der Waals surface area contributed by atoms with Gasteiger partial charge in [-0.15, -0.1) is 10.2 Å². The molecule has 2 rings (SSSR count). The minimum atomic E-state index is 0.180. The van der Waals surface area contributed by atoms with Gasteiger partial charge < -0.3 is 9.64 Å². The molecule has 2 atom stereocenters. The van der Waals surface area contributed by atoms with Gasteiger partial charge in [0.05, 0.1) is 18.4 Å². The van der Waals surface area contributed by atoms with Gasteiger partial charge in [-0.2, -0.15) is 0 Å². The molecule has 0 radical (unpaired) electrons. The zero-order valence-corrected chi connectivity index (χ0v) is 10.7. The molecule has 4 nitrogen and oxygen atoms in total. The summed E-state index contributed by atoms with van der Waals surface area (Å²) >= 11 is 11.9. The van der Waals surface area contributed by atoms with Crippen LogP contribution in [0.5, 0.6) is 0 Å². The third-order valence-corrected chi connectivity index (χ3v) is 3.07. The van der Waals surface area contributed by atoms with Crippen LogP contribution >= 0.6 is 23.2 Å². The van der Waals surface area contributed by atoms with Crippen LogP contribution < -0.4 is 4.90 Å². The Morgan fingerprint density at radius 3 is 2.88 bits per heavy atom. The molecule has 6 heteroatoms. The highest BCUT2D eigenvalue weighted by atomic mass is 35.5. The van der Waals surface area contributed by atoms with E-state index in [-0.39, 0.29) is 12.1 Å². The van der Waals surface area contributed by atoms with Gasteiger partial charge in [0.15, 0.2) is 10.3 Å². The van der Waals surface area contributed by atoms with Gasteiger partial charge in [-0.25, -0.2) is 0 Å². The number of ether oxygens (including phenoxy) is 1. The molecule has 2 unspecified atom stereocenters. The summed E-state index contributed by atoms with van der Waals surface area (Å²) in [6.07, 6.45) is 0.180. The molecule has 0 aliphatic carbocycles. The Kier molecular flexibility index (Phi) is 3.52. The lowest BCUT2D eigenvalue weighted by Gasteiger charge is -2.38. The van der Waals surface area contributed by atoms with E-state index in [1.54, 1.807) is 6.07 Å². The third kappa shape index (κ3) is 2.39. The number of nitrogens with zero attached hydrogens (tertiary/aromatic N) is 3. The maximum absolute atomic E-state index is 6.03. The number of hydrogen-bond donors (Lipinski definition) is 0. The first-order chi connectivity index (χ1) is 7.58. The van der Waals surface area contributed by atoms with E-state index in [0.29, 0.717) is 16.9 Å². The van der Waals surface area contributed by atoms with Crippen LogP contribution in [-0.4, -0.2) is 35.5 Å². The fourth-order valence-corrected chi connectivity index (χ4v) is 2.13. The normalized spacial score (nSPS) is 25.9. The van der Waals surface area contributed by atoms with Crippen LogP contribution in [0.2, 0.25) is 10.3 Å². The monoisotopic (exact) mass is 261 g/mol. The molecule has 0 N–H and O–H groups in total. The maximum Gasteiger partial charge on any atom is 0.175 e. The van der Waals surface area contributed by atoms with Crippen LogP contribution in [0.3, 0.4) is 0 Å². The van der Waals surface area contributed by atoms with E-state index in [0.717, 1.165) is 12.2 Å². The summed E-state index contributed by atoms with van der Waals surface area (Å²) in [4.78, 5) is 2.15. The van der Waals surface area contributed by atoms with Crippen molar-refractivity contribution in [2.24, 2.45) is 0 Å². The number of anilines is 1. The van der Waals surface area contributed by atoms with E-state index in [1.165, 1.54) is 0 Å². The summed E-state index contributed by atoms with van der Waals surface area (Å²) < 4.78 is 5.56. The van der Waals surface area contributed by atoms with E-state index in [9.17, 15) is 0 Å². The predicted octanol–water partition coefficient (Wildman–Crippen LogP) is 2.40. The molecule has 0 bridgehead atoms. The summed E-state index contributed by atoms with van der Waals surface area (Å²) in [5.41, 5.74) is 0.823. The zero-order chi connectivity index (χ0) is 11.7. The number of aromatic nitrogens is 2. The number of rotatable bonds is 1. The summed E-state index contributed by atoms with van der Waals surface area (Å²) in [6.45, 7) is 5.57. The zero-order valence-electron chi connectivity index (χ0n) is 9.15. The van der Waals surface area contributed by atoms with Crippen LogP contribution in [0.25, 0.3) is 0 Å². The Labute approximate surface area is 105 Å². The lowest BCUT2D eigenvalue weighted by atomic mass is 10.2. The Morgan fingerprint density at radius 2 is 2.12 bits per heavy atom. The van der Waals surface area contributed by atoms with Crippen molar-refractivity contribution in [3.63, 3.8) is 0 Å². The number of morpholine rings is 1. The highest BCUT2D eigenvalue weighted by Crippen LogP contribution is 2.29. The van der Waals surface area contributed by atoms with Crippen LogP contribution in [0.4, 0.5) is 5.69 Å². The van der Waals surface area contributed by atoms with Gasteiger partial charge in [0, 0.05) is 18.7 Å². The first kappa shape index (κ1) is 11.9. The average Bonchev–Trinajstić information content (AvgIpc) is 2.25. The second-order valence-corrected chi connectivity index (χ2v) is 4.73.